The lowest BCUT2D eigenvalue weighted by atomic mass is 9.79. The van der Waals surface area contributed by atoms with Gasteiger partial charge in [-0.15, -0.1) is 0 Å². The third-order valence-electron chi connectivity index (χ3n) is 9.30. The van der Waals surface area contributed by atoms with Crippen molar-refractivity contribution in [3.63, 3.8) is 0 Å². The molecule has 0 bridgehead atoms. The van der Waals surface area contributed by atoms with Crippen LogP contribution < -0.4 is 0 Å². The molecule has 0 aliphatic heterocycles. The summed E-state index contributed by atoms with van der Waals surface area (Å²) in [6, 6.07) is 37.9. The van der Waals surface area contributed by atoms with E-state index < -0.39 is 0 Å². The molecule has 0 aliphatic rings. The second-order valence-corrected chi connectivity index (χ2v) is 14.9. The molecule has 5 heteroatoms. The van der Waals surface area contributed by atoms with Crippen molar-refractivity contribution in [2.75, 3.05) is 0 Å². The summed E-state index contributed by atoms with van der Waals surface area (Å²) >= 11 is 0. The van der Waals surface area contributed by atoms with Crippen LogP contribution in [0.2, 0.25) is 0 Å². The molecular weight excluding hydrogens is 601 g/mol. The van der Waals surface area contributed by atoms with Crippen molar-refractivity contribution in [2.45, 2.75) is 52.4 Å². The molecule has 0 spiro atoms. The zero-order valence-corrected chi connectivity index (χ0v) is 29.3. The maximum atomic E-state index is 11.8. The number of pyridine rings is 2. The number of aromatic nitrogens is 4. The zero-order valence-electron chi connectivity index (χ0n) is 29.3. The normalized spacial score (nSPS) is 12.1. The average molecular weight is 643 g/mol. The Hall–Kier alpha value is -5.55. The molecule has 0 fully saturated rings. The van der Waals surface area contributed by atoms with Crippen molar-refractivity contribution in [1.82, 2.24) is 19.5 Å². The number of imidazole rings is 1. The lowest BCUT2D eigenvalue weighted by Gasteiger charge is -2.27. The van der Waals surface area contributed by atoms with Crippen LogP contribution in [0.15, 0.2) is 122 Å². The van der Waals surface area contributed by atoms with Crippen LogP contribution in [-0.4, -0.2) is 24.6 Å². The number of aromatic hydroxyl groups is 1. The van der Waals surface area contributed by atoms with Gasteiger partial charge >= 0.3 is 0 Å². The minimum absolute atomic E-state index is 0.115. The minimum Gasteiger partial charge on any atom is -0.507 e. The molecule has 0 radical (unpaired) electrons. The number of nitrogens with zero attached hydrogens (tertiary/aromatic N) is 4. The van der Waals surface area contributed by atoms with Gasteiger partial charge in [-0.2, -0.15) is 0 Å². The van der Waals surface area contributed by atoms with E-state index in [2.05, 4.69) is 133 Å². The first kappa shape index (κ1) is 32.0. The molecule has 4 aromatic carbocycles. The van der Waals surface area contributed by atoms with E-state index in [4.69, 9.17) is 15.0 Å². The van der Waals surface area contributed by atoms with Gasteiger partial charge in [0.1, 0.15) is 17.1 Å². The number of hydrogen-bond donors (Lipinski definition) is 1. The molecule has 0 aliphatic carbocycles. The Morgan fingerprint density at radius 2 is 1.16 bits per heavy atom. The summed E-state index contributed by atoms with van der Waals surface area (Å²) in [5, 5.41) is 11.8. The molecule has 244 valence electrons. The number of fused-ring (bicyclic) bond motifs is 1. The minimum atomic E-state index is -0.256. The number of hydrogen-bond acceptors (Lipinski definition) is 4. The summed E-state index contributed by atoms with van der Waals surface area (Å²) in [7, 11) is 1.98. The Bertz CT molecular complexity index is 2310. The van der Waals surface area contributed by atoms with Crippen LogP contribution >= 0.6 is 0 Å². The molecule has 3 heterocycles. The maximum Gasteiger partial charge on any atom is 0.160 e. The number of phenols is 1. The van der Waals surface area contributed by atoms with E-state index in [-0.39, 0.29) is 16.6 Å². The highest BCUT2D eigenvalue weighted by Crippen LogP contribution is 2.43. The molecule has 3 aromatic heterocycles. The van der Waals surface area contributed by atoms with Crippen molar-refractivity contribution in [3.8, 4) is 61.8 Å². The Kier molecular flexibility index (Phi) is 7.95. The van der Waals surface area contributed by atoms with Crippen LogP contribution in [0.25, 0.3) is 67.2 Å². The fraction of sp³-hybridized carbons (Fsp3) is 0.205. The van der Waals surface area contributed by atoms with E-state index in [1.54, 1.807) is 0 Å². The van der Waals surface area contributed by atoms with E-state index in [0.717, 1.165) is 66.9 Å². The van der Waals surface area contributed by atoms with Gasteiger partial charge < -0.3 is 9.67 Å². The van der Waals surface area contributed by atoms with E-state index in [9.17, 15) is 5.11 Å². The van der Waals surface area contributed by atoms with Gasteiger partial charge in [-0.1, -0.05) is 108 Å². The average Bonchev–Trinajstić information content (AvgIpc) is 3.44. The molecule has 5 nitrogen and oxygen atoms in total. The van der Waals surface area contributed by atoms with Crippen LogP contribution in [0.4, 0.5) is 0 Å². The maximum absolute atomic E-state index is 11.8. The van der Waals surface area contributed by atoms with Crippen LogP contribution in [0.1, 0.15) is 52.7 Å². The summed E-state index contributed by atoms with van der Waals surface area (Å²) in [5.74, 6) is 0.943. The van der Waals surface area contributed by atoms with Crippen LogP contribution in [0.3, 0.4) is 0 Å². The highest BCUT2D eigenvalue weighted by atomic mass is 16.3. The topological polar surface area (TPSA) is 63.8 Å². The van der Waals surface area contributed by atoms with Crippen molar-refractivity contribution in [1.29, 1.82) is 0 Å². The summed E-state index contributed by atoms with van der Waals surface area (Å²) in [6.07, 6.45) is 3.73. The molecule has 0 atom stereocenters. The Balaban J connectivity index is 1.44. The number of benzene rings is 4. The second-order valence-electron chi connectivity index (χ2n) is 14.9. The van der Waals surface area contributed by atoms with Crippen molar-refractivity contribution in [2.24, 2.45) is 7.05 Å². The molecular formula is C44H42N4O. The Labute approximate surface area is 289 Å². The second kappa shape index (κ2) is 12.2. The summed E-state index contributed by atoms with van der Waals surface area (Å²) < 4.78 is 2.00. The summed E-state index contributed by atoms with van der Waals surface area (Å²) in [5.41, 5.74) is 12.3. The summed E-state index contributed by atoms with van der Waals surface area (Å²) in [4.78, 5) is 14.9. The Morgan fingerprint density at radius 1 is 0.551 bits per heavy atom. The first-order valence-electron chi connectivity index (χ1n) is 16.8. The smallest absolute Gasteiger partial charge is 0.160 e. The van der Waals surface area contributed by atoms with E-state index in [1.807, 2.05) is 42.2 Å². The fourth-order valence-corrected chi connectivity index (χ4v) is 6.49. The van der Waals surface area contributed by atoms with Gasteiger partial charge in [0.15, 0.2) is 5.65 Å². The van der Waals surface area contributed by atoms with Gasteiger partial charge in [0.05, 0.1) is 11.3 Å². The molecule has 0 amide bonds. The van der Waals surface area contributed by atoms with Gasteiger partial charge in [-0.3, -0.25) is 4.98 Å². The van der Waals surface area contributed by atoms with E-state index in [0.29, 0.717) is 11.4 Å². The van der Waals surface area contributed by atoms with Crippen molar-refractivity contribution < 1.29 is 5.11 Å². The van der Waals surface area contributed by atoms with Gasteiger partial charge in [0, 0.05) is 36.1 Å². The standard InChI is InChI=1S/C44H42N4O/c1-43(2,3)34-26-36(40(49)37(27-34)44(4,5)6)41-47-39-35(19-21-46-42(39)48(41)7)32-22-31(29-16-12-9-13-17-29)23-33(24-32)38-25-30(18-20-45-38)28-14-10-8-11-15-28/h8-27,49H,1-7H3. The molecule has 7 aromatic rings. The van der Waals surface area contributed by atoms with Crippen LogP contribution in [0.5, 0.6) is 5.75 Å². The zero-order chi connectivity index (χ0) is 34.5. The van der Waals surface area contributed by atoms with Gasteiger partial charge in [-0.25, -0.2) is 9.97 Å². The van der Waals surface area contributed by atoms with E-state index in [1.165, 1.54) is 0 Å². The SMILES string of the molecule is Cn1c(-c2cc(C(C)(C)C)cc(C(C)(C)C)c2O)nc2c(-c3cc(-c4ccccc4)cc(-c4cc(-c5ccccc5)ccn4)c3)ccnc21. The van der Waals surface area contributed by atoms with Crippen LogP contribution in [-0.2, 0) is 17.9 Å². The predicted octanol–water partition coefficient (Wildman–Crippen LogP) is 11.0. The lowest BCUT2D eigenvalue weighted by molar-refractivity contribution is 0.446. The number of rotatable bonds is 5. The number of aryl methyl sites for hydroxylation is 1. The third kappa shape index (κ3) is 6.13. The Morgan fingerprint density at radius 3 is 1.82 bits per heavy atom. The highest BCUT2D eigenvalue weighted by Gasteiger charge is 2.28. The van der Waals surface area contributed by atoms with Crippen molar-refractivity contribution >= 4 is 11.2 Å². The molecule has 0 saturated heterocycles. The van der Waals surface area contributed by atoms with Gasteiger partial charge in [0.25, 0.3) is 0 Å². The molecule has 1 N–H and O–H groups in total. The first-order chi connectivity index (χ1) is 23.4. The van der Waals surface area contributed by atoms with Gasteiger partial charge in [0.2, 0.25) is 0 Å². The predicted molar refractivity (Wildman–Crippen MR) is 203 cm³/mol. The lowest BCUT2D eigenvalue weighted by Crippen LogP contribution is -2.17. The first-order valence-corrected chi connectivity index (χ1v) is 16.8. The monoisotopic (exact) mass is 642 g/mol. The molecule has 0 unspecified atom stereocenters. The fourth-order valence-electron chi connectivity index (χ4n) is 6.49. The van der Waals surface area contributed by atoms with Crippen LogP contribution in [0, 0.1) is 0 Å². The highest BCUT2D eigenvalue weighted by molar-refractivity contribution is 5.95. The van der Waals surface area contributed by atoms with Crippen molar-refractivity contribution in [3.05, 3.63) is 133 Å². The quantitative estimate of drug-likeness (QED) is 0.203. The number of phenolic OH excluding ortho intramolecular Hbond substituents is 1. The molecule has 7 rings (SSSR count). The largest absolute Gasteiger partial charge is 0.507 e. The third-order valence-corrected chi connectivity index (χ3v) is 9.30. The van der Waals surface area contributed by atoms with E-state index >= 15 is 0 Å². The molecule has 49 heavy (non-hydrogen) atoms. The molecule has 0 saturated carbocycles. The summed E-state index contributed by atoms with van der Waals surface area (Å²) in [6.45, 7) is 13.0. The van der Waals surface area contributed by atoms with Gasteiger partial charge in [-0.05, 0) is 86.7 Å².